The first kappa shape index (κ1) is 11.1. The van der Waals surface area contributed by atoms with Gasteiger partial charge in [-0.25, -0.2) is 0 Å². The van der Waals surface area contributed by atoms with Gasteiger partial charge in [-0.05, 0) is 0 Å². The number of carboxylic acid groups (broad SMARTS) is 1. The molecule has 0 saturated heterocycles. The summed E-state index contributed by atoms with van der Waals surface area (Å²) in [4.78, 5) is 21.5. The topological polar surface area (TPSA) is 72.2 Å². The fraction of sp³-hybridized carbons (Fsp3) is 0.0833. The molecular formula is C12H10N2O3. The first-order valence-corrected chi connectivity index (χ1v) is 5.00. The van der Waals surface area contributed by atoms with E-state index in [9.17, 15) is 9.59 Å². The average Bonchev–Trinajstić information content (AvgIpc) is 2.72. The molecule has 0 saturated carbocycles. The summed E-state index contributed by atoms with van der Waals surface area (Å²) in [5, 5.41) is 12.8. The fourth-order valence-electron chi connectivity index (χ4n) is 1.56. The smallest absolute Gasteiger partial charge is 0.325 e. The van der Waals surface area contributed by atoms with Crippen LogP contribution in [-0.2, 0) is 11.3 Å². The molecule has 2 aromatic rings. The Balaban J connectivity index is 2.43. The molecular weight excluding hydrogens is 220 g/mol. The minimum atomic E-state index is -0.996. The van der Waals surface area contributed by atoms with Gasteiger partial charge in [0.15, 0.2) is 6.29 Å². The molecule has 1 aromatic heterocycles. The molecule has 0 bridgehead atoms. The zero-order valence-electron chi connectivity index (χ0n) is 8.91. The maximum Gasteiger partial charge on any atom is 0.325 e. The van der Waals surface area contributed by atoms with Gasteiger partial charge in [0, 0.05) is 11.8 Å². The van der Waals surface area contributed by atoms with Crippen molar-refractivity contribution in [3.63, 3.8) is 0 Å². The third-order valence-electron chi connectivity index (χ3n) is 2.26. The Labute approximate surface area is 97.3 Å². The first-order valence-electron chi connectivity index (χ1n) is 5.00. The SMILES string of the molecule is O=Cc1cn(CC(=O)O)nc1-c1ccccc1. The van der Waals surface area contributed by atoms with E-state index in [2.05, 4.69) is 5.10 Å². The number of aromatic nitrogens is 2. The van der Waals surface area contributed by atoms with E-state index >= 15 is 0 Å². The highest BCUT2D eigenvalue weighted by Crippen LogP contribution is 2.20. The van der Waals surface area contributed by atoms with Gasteiger partial charge in [-0.2, -0.15) is 5.10 Å². The van der Waals surface area contributed by atoms with Crippen LogP contribution in [0.4, 0.5) is 0 Å². The van der Waals surface area contributed by atoms with Crippen molar-refractivity contribution in [3.05, 3.63) is 42.1 Å². The minimum Gasteiger partial charge on any atom is -0.480 e. The highest BCUT2D eigenvalue weighted by atomic mass is 16.4. The van der Waals surface area contributed by atoms with Gasteiger partial charge < -0.3 is 5.11 Å². The van der Waals surface area contributed by atoms with E-state index in [1.54, 1.807) is 0 Å². The quantitative estimate of drug-likeness (QED) is 0.807. The molecule has 86 valence electrons. The summed E-state index contributed by atoms with van der Waals surface area (Å²) in [6.07, 6.45) is 2.11. The lowest BCUT2D eigenvalue weighted by atomic mass is 10.1. The Bertz CT molecular complexity index is 546. The molecule has 5 heteroatoms. The maximum absolute atomic E-state index is 10.9. The van der Waals surface area contributed by atoms with E-state index in [4.69, 9.17) is 5.11 Å². The van der Waals surface area contributed by atoms with Gasteiger partial charge in [0.05, 0.1) is 5.56 Å². The molecule has 0 amide bonds. The third-order valence-corrected chi connectivity index (χ3v) is 2.26. The van der Waals surface area contributed by atoms with Crippen LogP contribution >= 0.6 is 0 Å². The van der Waals surface area contributed by atoms with Gasteiger partial charge in [0.25, 0.3) is 0 Å². The molecule has 1 aromatic carbocycles. The number of hydrogen-bond donors (Lipinski definition) is 1. The predicted octanol–water partition coefficient (Wildman–Crippen LogP) is 1.45. The van der Waals surface area contributed by atoms with E-state index in [0.717, 1.165) is 5.56 Å². The Morgan fingerprint density at radius 3 is 2.65 bits per heavy atom. The van der Waals surface area contributed by atoms with Crippen molar-refractivity contribution in [2.75, 3.05) is 0 Å². The van der Waals surface area contributed by atoms with E-state index in [0.29, 0.717) is 17.5 Å². The number of nitrogens with zero attached hydrogens (tertiary/aromatic N) is 2. The summed E-state index contributed by atoms with van der Waals surface area (Å²) in [7, 11) is 0. The van der Waals surface area contributed by atoms with Crippen molar-refractivity contribution in [2.24, 2.45) is 0 Å². The lowest BCUT2D eigenvalue weighted by molar-refractivity contribution is -0.137. The fourth-order valence-corrected chi connectivity index (χ4v) is 1.56. The van der Waals surface area contributed by atoms with E-state index in [-0.39, 0.29) is 6.54 Å². The summed E-state index contributed by atoms with van der Waals surface area (Å²) >= 11 is 0. The Hall–Kier alpha value is -2.43. The second-order valence-electron chi connectivity index (χ2n) is 3.51. The lowest BCUT2D eigenvalue weighted by Crippen LogP contribution is -2.08. The molecule has 0 aliphatic rings. The van der Waals surface area contributed by atoms with Gasteiger partial charge in [-0.1, -0.05) is 30.3 Å². The zero-order chi connectivity index (χ0) is 12.3. The van der Waals surface area contributed by atoms with Crippen molar-refractivity contribution in [1.29, 1.82) is 0 Å². The highest BCUT2D eigenvalue weighted by Gasteiger charge is 2.11. The van der Waals surface area contributed by atoms with Crippen molar-refractivity contribution >= 4 is 12.3 Å². The van der Waals surface area contributed by atoms with Crippen molar-refractivity contribution in [3.8, 4) is 11.3 Å². The molecule has 1 N–H and O–H groups in total. The monoisotopic (exact) mass is 230 g/mol. The van der Waals surface area contributed by atoms with E-state index in [1.807, 2.05) is 30.3 Å². The number of carboxylic acids is 1. The van der Waals surface area contributed by atoms with Crippen LogP contribution in [0.25, 0.3) is 11.3 Å². The van der Waals surface area contributed by atoms with Crippen molar-refractivity contribution in [1.82, 2.24) is 9.78 Å². The number of carbonyl (C=O) groups is 2. The molecule has 0 unspecified atom stereocenters. The first-order chi connectivity index (χ1) is 8.20. The van der Waals surface area contributed by atoms with Crippen LogP contribution in [0, 0.1) is 0 Å². The van der Waals surface area contributed by atoms with E-state index in [1.165, 1.54) is 10.9 Å². The Kier molecular flexibility index (Phi) is 3.00. The lowest BCUT2D eigenvalue weighted by Gasteiger charge is -1.97. The number of aliphatic carboxylic acids is 1. The van der Waals surface area contributed by atoms with Crippen LogP contribution in [0.15, 0.2) is 36.5 Å². The number of rotatable bonds is 4. The Morgan fingerprint density at radius 1 is 1.35 bits per heavy atom. The van der Waals surface area contributed by atoms with Gasteiger partial charge in [-0.3, -0.25) is 14.3 Å². The van der Waals surface area contributed by atoms with Gasteiger partial charge >= 0.3 is 5.97 Å². The maximum atomic E-state index is 10.9. The van der Waals surface area contributed by atoms with Gasteiger partial charge in [-0.15, -0.1) is 0 Å². The number of benzene rings is 1. The number of aldehydes is 1. The number of carbonyl (C=O) groups excluding carboxylic acids is 1. The molecule has 5 nitrogen and oxygen atoms in total. The largest absolute Gasteiger partial charge is 0.480 e. The molecule has 0 fully saturated rings. The standard InChI is InChI=1S/C12H10N2O3/c15-8-10-6-14(7-11(16)17)13-12(10)9-4-2-1-3-5-9/h1-6,8H,7H2,(H,16,17). The molecule has 0 aliphatic carbocycles. The molecule has 2 rings (SSSR count). The highest BCUT2D eigenvalue weighted by molar-refractivity contribution is 5.85. The van der Waals surface area contributed by atoms with Crippen LogP contribution in [0.5, 0.6) is 0 Å². The van der Waals surface area contributed by atoms with Crippen LogP contribution in [0.3, 0.4) is 0 Å². The summed E-state index contributed by atoms with van der Waals surface area (Å²) in [6, 6.07) is 9.17. The summed E-state index contributed by atoms with van der Waals surface area (Å²) < 4.78 is 1.24. The normalized spacial score (nSPS) is 10.1. The summed E-state index contributed by atoms with van der Waals surface area (Å²) in [5.41, 5.74) is 1.68. The predicted molar refractivity (Wildman–Crippen MR) is 60.7 cm³/mol. The number of hydrogen-bond acceptors (Lipinski definition) is 3. The summed E-state index contributed by atoms with van der Waals surface area (Å²) in [6.45, 7) is -0.256. The van der Waals surface area contributed by atoms with Crippen LogP contribution in [-0.4, -0.2) is 27.1 Å². The zero-order valence-corrected chi connectivity index (χ0v) is 8.91. The average molecular weight is 230 g/mol. The molecule has 0 radical (unpaired) electrons. The molecule has 1 heterocycles. The van der Waals surface area contributed by atoms with Gasteiger partial charge in [0.2, 0.25) is 0 Å². The Morgan fingerprint density at radius 2 is 2.06 bits per heavy atom. The van der Waals surface area contributed by atoms with Crippen LogP contribution < -0.4 is 0 Å². The van der Waals surface area contributed by atoms with Gasteiger partial charge in [0.1, 0.15) is 12.2 Å². The van der Waals surface area contributed by atoms with Crippen molar-refractivity contribution in [2.45, 2.75) is 6.54 Å². The third kappa shape index (κ3) is 2.39. The minimum absolute atomic E-state index is 0.256. The molecule has 17 heavy (non-hydrogen) atoms. The van der Waals surface area contributed by atoms with Crippen molar-refractivity contribution < 1.29 is 14.7 Å². The second kappa shape index (κ2) is 4.61. The van der Waals surface area contributed by atoms with Crippen LogP contribution in [0.2, 0.25) is 0 Å². The molecule has 0 atom stereocenters. The molecule has 0 spiro atoms. The van der Waals surface area contributed by atoms with Crippen LogP contribution in [0.1, 0.15) is 10.4 Å². The molecule has 0 aliphatic heterocycles. The van der Waals surface area contributed by atoms with E-state index < -0.39 is 5.97 Å². The summed E-state index contributed by atoms with van der Waals surface area (Å²) in [5.74, 6) is -0.996. The second-order valence-corrected chi connectivity index (χ2v) is 3.51.